The summed E-state index contributed by atoms with van der Waals surface area (Å²) in [5, 5.41) is 2.53. The van der Waals surface area contributed by atoms with Gasteiger partial charge in [-0.1, -0.05) is 43.5 Å². The van der Waals surface area contributed by atoms with Crippen LogP contribution in [0.2, 0.25) is 0 Å². The first-order valence-electron chi connectivity index (χ1n) is 11.7. The van der Waals surface area contributed by atoms with Gasteiger partial charge in [-0.25, -0.2) is 14.4 Å². The van der Waals surface area contributed by atoms with Crippen molar-refractivity contribution in [2.45, 2.75) is 26.4 Å². The van der Waals surface area contributed by atoms with Gasteiger partial charge >= 0.3 is 18.0 Å². The van der Waals surface area contributed by atoms with Gasteiger partial charge < -0.3 is 29.0 Å². The summed E-state index contributed by atoms with van der Waals surface area (Å²) in [5.74, 6) is 0.250. The van der Waals surface area contributed by atoms with E-state index in [2.05, 4.69) is 18.5 Å². The van der Waals surface area contributed by atoms with Gasteiger partial charge in [0.2, 0.25) is 0 Å². The molecule has 0 aromatic heterocycles. The maximum absolute atomic E-state index is 12.2. The standard InChI is InChI=1S/C28H33NO8/c1-20(2)26(30)33-16-14-22-10-12-24(13-11-22)36-19-25(18-35-23-8-6-5-7-9-23)37-28(32)29-15-17-34-27(31)21(3)4/h5-13,25H,1,3,14-19H2,2,4H3,(H,29,32). The minimum atomic E-state index is -0.723. The third-order valence-corrected chi connectivity index (χ3v) is 4.74. The minimum Gasteiger partial charge on any atom is -0.490 e. The summed E-state index contributed by atoms with van der Waals surface area (Å²) in [6.07, 6.45) is -0.867. The highest BCUT2D eigenvalue weighted by Crippen LogP contribution is 2.15. The lowest BCUT2D eigenvalue weighted by Gasteiger charge is -2.19. The average Bonchev–Trinajstić information content (AvgIpc) is 2.89. The quantitative estimate of drug-likeness (QED) is 0.165. The molecular formula is C28H33NO8. The molecular weight excluding hydrogens is 478 g/mol. The van der Waals surface area contributed by atoms with Crippen LogP contribution in [0.5, 0.6) is 11.5 Å². The molecule has 0 aliphatic rings. The topological polar surface area (TPSA) is 109 Å². The van der Waals surface area contributed by atoms with E-state index in [0.717, 1.165) is 5.56 Å². The van der Waals surface area contributed by atoms with Crippen molar-refractivity contribution < 1.29 is 38.1 Å². The zero-order valence-electron chi connectivity index (χ0n) is 21.2. The number of hydrogen-bond acceptors (Lipinski definition) is 8. The van der Waals surface area contributed by atoms with E-state index in [9.17, 15) is 14.4 Å². The van der Waals surface area contributed by atoms with Crippen molar-refractivity contribution in [3.05, 3.63) is 84.5 Å². The molecule has 198 valence electrons. The van der Waals surface area contributed by atoms with Crippen LogP contribution in [0.4, 0.5) is 4.79 Å². The normalized spacial score (nSPS) is 11.0. The van der Waals surface area contributed by atoms with Gasteiger partial charge in [0, 0.05) is 17.6 Å². The van der Waals surface area contributed by atoms with Crippen LogP contribution in [0.25, 0.3) is 0 Å². The lowest BCUT2D eigenvalue weighted by molar-refractivity contribution is -0.139. The molecule has 1 N–H and O–H groups in total. The molecule has 0 saturated carbocycles. The molecule has 0 aliphatic carbocycles. The second-order valence-electron chi connectivity index (χ2n) is 8.12. The highest BCUT2D eigenvalue weighted by Gasteiger charge is 2.17. The van der Waals surface area contributed by atoms with E-state index in [1.807, 2.05) is 30.3 Å². The van der Waals surface area contributed by atoms with E-state index in [1.165, 1.54) is 6.92 Å². The van der Waals surface area contributed by atoms with Crippen LogP contribution >= 0.6 is 0 Å². The molecule has 0 bridgehead atoms. The summed E-state index contributed by atoms with van der Waals surface area (Å²) in [6, 6.07) is 16.4. The van der Waals surface area contributed by atoms with E-state index in [1.54, 1.807) is 31.2 Å². The van der Waals surface area contributed by atoms with Crippen LogP contribution in [-0.2, 0) is 30.2 Å². The van der Waals surface area contributed by atoms with Crippen molar-refractivity contribution in [2.24, 2.45) is 0 Å². The van der Waals surface area contributed by atoms with Gasteiger partial charge in [-0.15, -0.1) is 0 Å². The largest absolute Gasteiger partial charge is 0.490 e. The molecule has 9 nitrogen and oxygen atoms in total. The first kappa shape index (κ1) is 29.0. The number of para-hydroxylation sites is 1. The van der Waals surface area contributed by atoms with Crippen molar-refractivity contribution in [3.63, 3.8) is 0 Å². The third kappa shape index (κ3) is 11.8. The van der Waals surface area contributed by atoms with Crippen LogP contribution in [0, 0.1) is 0 Å². The number of esters is 2. The summed E-state index contributed by atoms with van der Waals surface area (Å²) in [5.41, 5.74) is 1.60. The van der Waals surface area contributed by atoms with Gasteiger partial charge in [0.15, 0.2) is 6.10 Å². The van der Waals surface area contributed by atoms with Crippen molar-refractivity contribution in [1.29, 1.82) is 0 Å². The number of nitrogens with one attached hydrogen (secondary N) is 1. The van der Waals surface area contributed by atoms with Crippen LogP contribution in [0.3, 0.4) is 0 Å². The Morgan fingerprint density at radius 3 is 1.89 bits per heavy atom. The monoisotopic (exact) mass is 511 g/mol. The summed E-state index contributed by atoms with van der Waals surface area (Å²) in [7, 11) is 0. The van der Waals surface area contributed by atoms with Gasteiger partial charge in [-0.05, 0) is 43.7 Å². The molecule has 2 rings (SSSR count). The van der Waals surface area contributed by atoms with Crippen LogP contribution < -0.4 is 14.8 Å². The second-order valence-corrected chi connectivity index (χ2v) is 8.12. The van der Waals surface area contributed by atoms with E-state index in [0.29, 0.717) is 23.5 Å². The molecule has 1 amide bonds. The number of carbonyl (C=O) groups excluding carboxylic acids is 3. The smallest absolute Gasteiger partial charge is 0.407 e. The Labute approximate surface area is 217 Å². The molecule has 37 heavy (non-hydrogen) atoms. The maximum Gasteiger partial charge on any atom is 0.407 e. The number of rotatable bonds is 15. The van der Waals surface area contributed by atoms with E-state index in [4.69, 9.17) is 23.7 Å². The lowest BCUT2D eigenvalue weighted by atomic mass is 10.1. The number of alkyl carbamates (subject to hydrolysis) is 1. The van der Waals surface area contributed by atoms with Gasteiger partial charge in [0.1, 0.15) is 31.3 Å². The molecule has 0 radical (unpaired) electrons. The Balaban J connectivity index is 1.85. The number of benzene rings is 2. The van der Waals surface area contributed by atoms with Gasteiger partial charge in [0.05, 0.1) is 13.2 Å². The first-order valence-corrected chi connectivity index (χ1v) is 11.7. The summed E-state index contributed by atoms with van der Waals surface area (Å²) < 4.78 is 27.0. The molecule has 9 heteroatoms. The third-order valence-electron chi connectivity index (χ3n) is 4.74. The molecule has 1 atom stereocenters. The number of ether oxygens (including phenoxy) is 5. The first-order chi connectivity index (χ1) is 17.7. The van der Waals surface area contributed by atoms with Gasteiger partial charge in [-0.3, -0.25) is 0 Å². The molecule has 2 aromatic carbocycles. The maximum atomic E-state index is 12.2. The predicted molar refractivity (Wildman–Crippen MR) is 137 cm³/mol. The number of carbonyl (C=O) groups is 3. The molecule has 0 spiro atoms. The van der Waals surface area contributed by atoms with E-state index in [-0.39, 0.29) is 38.5 Å². The van der Waals surface area contributed by atoms with Crippen molar-refractivity contribution in [2.75, 3.05) is 33.0 Å². The summed E-state index contributed by atoms with van der Waals surface area (Å²) in [4.78, 5) is 35.1. The van der Waals surface area contributed by atoms with Crippen LogP contribution in [-0.4, -0.2) is 57.1 Å². The van der Waals surface area contributed by atoms with Crippen LogP contribution in [0.1, 0.15) is 19.4 Å². The molecule has 0 saturated heterocycles. The molecule has 0 heterocycles. The minimum absolute atomic E-state index is 0.0127. The van der Waals surface area contributed by atoms with Crippen LogP contribution in [0.15, 0.2) is 78.9 Å². The molecule has 1 unspecified atom stereocenters. The summed E-state index contributed by atoms with van der Waals surface area (Å²) >= 11 is 0. The van der Waals surface area contributed by atoms with Crippen molar-refractivity contribution in [3.8, 4) is 11.5 Å². The fourth-order valence-electron chi connectivity index (χ4n) is 2.76. The zero-order valence-corrected chi connectivity index (χ0v) is 21.2. The Morgan fingerprint density at radius 1 is 0.784 bits per heavy atom. The molecule has 2 aromatic rings. The number of amides is 1. The van der Waals surface area contributed by atoms with E-state index < -0.39 is 24.1 Å². The summed E-state index contributed by atoms with van der Waals surface area (Å²) in [6.45, 7) is 10.6. The van der Waals surface area contributed by atoms with E-state index >= 15 is 0 Å². The SMILES string of the molecule is C=C(C)C(=O)OCCNC(=O)OC(COc1ccccc1)COc1ccc(CCOC(=O)C(=C)C)cc1. The zero-order chi connectivity index (χ0) is 27.0. The fourth-order valence-corrected chi connectivity index (χ4v) is 2.76. The second kappa shape index (κ2) is 15.7. The predicted octanol–water partition coefficient (Wildman–Crippen LogP) is 4.02. The lowest BCUT2D eigenvalue weighted by Crippen LogP contribution is -2.37. The molecule has 0 aliphatic heterocycles. The Hall–Kier alpha value is -4.27. The van der Waals surface area contributed by atoms with Gasteiger partial charge in [-0.2, -0.15) is 0 Å². The van der Waals surface area contributed by atoms with Gasteiger partial charge in [0.25, 0.3) is 0 Å². The average molecular weight is 512 g/mol. The Kier molecular flexibility index (Phi) is 12.3. The fraction of sp³-hybridized carbons (Fsp3) is 0.321. The molecule has 0 fully saturated rings. The Morgan fingerprint density at radius 2 is 1.32 bits per heavy atom. The van der Waals surface area contributed by atoms with Crippen molar-refractivity contribution in [1.82, 2.24) is 5.32 Å². The number of hydrogen-bond donors (Lipinski definition) is 1. The highest BCUT2D eigenvalue weighted by atomic mass is 16.6. The van der Waals surface area contributed by atoms with Crippen molar-refractivity contribution >= 4 is 18.0 Å². The highest BCUT2D eigenvalue weighted by molar-refractivity contribution is 5.87. The Bertz CT molecular complexity index is 1050.